The Morgan fingerprint density at radius 3 is 2.56 bits per heavy atom. The van der Waals surface area contributed by atoms with Gasteiger partial charge in [0.05, 0.1) is 17.8 Å². The van der Waals surface area contributed by atoms with Gasteiger partial charge in [-0.3, -0.25) is 0 Å². The summed E-state index contributed by atoms with van der Waals surface area (Å²) in [4.78, 5) is 3.95. The molecular formula is C13H19F2N3. The first-order valence-corrected chi connectivity index (χ1v) is 5.78. The van der Waals surface area contributed by atoms with Gasteiger partial charge in [0.15, 0.2) is 0 Å². The third-order valence-electron chi connectivity index (χ3n) is 2.93. The molecule has 0 amide bonds. The maximum atomic E-state index is 13.9. The zero-order valence-electron chi connectivity index (χ0n) is 10.9. The number of hydrogen-bond acceptors (Lipinski definition) is 3. The first-order chi connectivity index (χ1) is 8.33. The van der Waals surface area contributed by atoms with Gasteiger partial charge in [0.2, 0.25) is 0 Å². The molecule has 100 valence electrons. The summed E-state index contributed by atoms with van der Waals surface area (Å²) in [6.45, 7) is 6.67. The van der Waals surface area contributed by atoms with Crippen molar-refractivity contribution in [3.05, 3.63) is 30.5 Å². The summed E-state index contributed by atoms with van der Waals surface area (Å²) in [6, 6.07) is 1.62. The highest BCUT2D eigenvalue weighted by molar-refractivity contribution is 5.53. The maximum Gasteiger partial charge on any atom is 0.273 e. The van der Waals surface area contributed by atoms with Gasteiger partial charge in [-0.1, -0.05) is 20.4 Å². The standard InChI is InChI=1S/C13H19F2N3/c1-5-13(14,15)11(8(2)3)10-6-9(17-4)7-18-12(10)16/h5-8,11,17H,1H2,2-4H3,(H2,16,18)/t11-/m1/s1. The van der Waals surface area contributed by atoms with Crippen LogP contribution in [0.4, 0.5) is 20.3 Å². The second-order valence-electron chi connectivity index (χ2n) is 4.55. The predicted octanol–water partition coefficient (Wildman–Crippen LogP) is 3.27. The average Bonchev–Trinajstić information content (AvgIpc) is 2.31. The van der Waals surface area contributed by atoms with Crippen molar-refractivity contribution in [1.82, 2.24) is 4.98 Å². The van der Waals surface area contributed by atoms with Crippen LogP contribution in [0.5, 0.6) is 0 Å². The van der Waals surface area contributed by atoms with E-state index in [1.54, 1.807) is 27.0 Å². The molecule has 18 heavy (non-hydrogen) atoms. The third kappa shape index (κ3) is 2.78. The summed E-state index contributed by atoms with van der Waals surface area (Å²) in [5, 5.41) is 2.87. The molecule has 0 unspecified atom stereocenters. The number of nitrogens with two attached hydrogens (primary N) is 1. The van der Waals surface area contributed by atoms with E-state index in [1.165, 1.54) is 6.20 Å². The van der Waals surface area contributed by atoms with Crippen LogP contribution >= 0.6 is 0 Å². The highest BCUT2D eigenvalue weighted by Gasteiger charge is 2.40. The van der Waals surface area contributed by atoms with Crippen LogP contribution in [-0.2, 0) is 0 Å². The zero-order valence-corrected chi connectivity index (χ0v) is 10.9. The van der Waals surface area contributed by atoms with Crippen LogP contribution in [-0.4, -0.2) is 18.0 Å². The smallest absolute Gasteiger partial charge is 0.273 e. The topological polar surface area (TPSA) is 50.9 Å². The second-order valence-corrected chi connectivity index (χ2v) is 4.55. The lowest BCUT2D eigenvalue weighted by Crippen LogP contribution is -2.29. The Kier molecular flexibility index (Phi) is 4.27. The van der Waals surface area contributed by atoms with Crippen LogP contribution in [0.15, 0.2) is 24.9 Å². The first-order valence-electron chi connectivity index (χ1n) is 5.78. The fourth-order valence-electron chi connectivity index (χ4n) is 2.02. The van der Waals surface area contributed by atoms with Crippen molar-refractivity contribution in [2.75, 3.05) is 18.1 Å². The molecule has 1 heterocycles. The third-order valence-corrected chi connectivity index (χ3v) is 2.93. The van der Waals surface area contributed by atoms with Crippen molar-refractivity contribution in [1.29, 1.82) is 0 Å². The van der Waals surface area contributed by atoms with Gasteiger partial charge in [0, 0.05) is 12.6 Å². The molecule has 0 bridgehead atoms. The number of nitrogens with one attached hydrogen (secondary N) is 1. The van der Waals surface area contributed by atoms with Crippen molar-refractivity contribution in [2.45, 2.75) is 25.7 Å². The Labute approximate surface area is 106 Å². The van der Waals surface area contributed by atoms with E-state index in [0.717, 1.165) is 0 Å². The number of nitrogen functional groups attached to an aromatic ring is 1. The molecule has 3 nitrogen and oxygen atoms in total. The van der Waals surface area contributed by atoms with Crippen LogP contribution in [0.3, 0.4) is 0 Å². The van der Waals surface area contributed by atoms with Crippen molar-refractivity contribution < 1.29 is 8.78 Å². The Morgan fingerprint density at radius 2 is 2.11 bits per heavy atom. The maximum absolute atomic E-state index is 13.9. The zero-order chi connectivity index (χ0) is 13.9. The minimum atomic E-state index is -3.02. The highest BCUT2D eigenvalue weighted by Crippen LogP contribution is 2.42. The lowest BCUT2D eigenvalue weighted by atomic mass is 9.83. The average molecular weight is 255 g/mol. The Bertz CT molecular complexity index is 430. The van der Waals surface area contributed by atoms with Gasteiger partial charge in [-0.15, -0.1) is 0 Å². The van der Waals surface area contributed by atoms with Crippen LogP contribution in [0.1, 0.15) is 25.3 Å². The molecule has 5 heteroatoms. The second kappa shape index (κ2) is 5.33. The lowest BCUT2D eigenvalue weighted by molar-refractivity contribution is 0.00822. The molecule has 0 fully saturated rings. The van der Waals surface area contributed by atoms with Crippen LogP contribution in [0.2, 0.25) is 0 Å². The minimum Gasteiger partial charge on any atom is -0.387 e. The largest absolute Gasteiger partial charge is 0.387 e. The van der Waals surface area contributed by atoms with Crippen molar-refractivity contribution in [3.63, 3.8) is 0 Å². The fraction of sp³-hybridized carbons (Fsp3) is 0.462. The number of anilines is 2. The van der Waals surface area contributed by atoms with E-state index >= 15 is 0 Å². The van der Waals surface area contributed by atoms with Gasteiger partial charge in [-0.05, 0) is 18.1 Å². The number of nitrogens with zero attached hydrogens (tertiary/aromatic N) is 1. The van der Waals surface area contributed by atoms with E-state index in [-0.39, 0.29) is 11.7 Å². The summed E-state index contributed by atoms with van der Waals surface area (Å²) in [5.74, 6) is -4.20. The SMILES string of the molecule is C=CC(F)(F)[C@@H](c1cc(NC)cnc1N)C(C)C. The Hall–Kier alpha value is -1.65. The van der Waals surface area contributed by atoms with Crippen LogP contribution < -0.4 is 11.1 Å². The molecule has 0 aromatic carbocycles. The number of rotatable bonds is 5. The van der Waals surface area contributed by atoms with E-state index in [1.807, 2.05) is 0 Å². The van der Waals surface area contributed by atoms with Crippen molar-refractivity contribution >= 4 is 11.5 Å². The molecule has 0 saturated carbocycles. The monoisotopic (exact) mass is 255 g/mol. The highest BCUT2D eigenvalue weighted by atomic mass is 19.3. The van der Waals surface area contributed by atoms with E-state index in [4.69, 9.17) is 5.73 Å². The first kappa shape index (κ1) is 14.4. The summed E-state index contributed by atoms with van der Waals surface area (Å²) in [7, 11) is 1.70. The molecule has 0 aliphatic rings. The minimum absolute atomic E-state index is 0.134. The number of alkyl halides is 2. The van der Waals surface area contributed by atoms with E-state index in [0.29, 0.717) is 17.3 Å². The molecule has 1 rings (SSSR count). The molecular weight excluding hydrogens is 236 g/mol. The number of pyridine rings is 1. The molecule has 3 N–H and O–H groups in total. The van der Waals surface area contributed by atoms with Gasteiger partial charge in [-0.25, -0.2) is 13.8 Å². The van der Waals surface area contributed by atoms with Crippen molar-refractivity contribution in [3.8, 4) is 0 Å². The molecule has 0 aliphatic carbocycles. The van der Waals surface area contributed by atoms with Gasteiger partial charge >= 0.3 is 0 Å². The number of hydrogen-bond donors (Lipinski definition) is 2. The normalized spacial score (nSPS) is 13.4. The molecule has 0 saturated heterocycles. The number of allylic oxidation sites excluding steroid dienone is 1. The molecule has 1 aromatic heterocycles. The Morgan fingerprint density at radius 1 is 1.50 bits per heavy atom. The van der Waals surface area contributed by atoms with Gasteiger partial charge < -0.3 is 11.1 Å². The molecule has 1 aromatic rings. The fourth-order valence-corrected chi connectivity index (χ4v) is 2.02. The summed E-state index contributed by atoms with van der Waals surface area (Å²) < 4.78 is 27.9. The molecule has 0 spiro atoms. The van der Waals surface area contributed by atoms with E-state index < -0.39 is 11.8 Å². The summed E-state index contributed by atoms with van der Waals surface area (Å²) >= 11 is 0. The Balaban J connectivity index is 3.34. The lowest BCUT2D eigenvalue weighted by Gasteiger charge is -2.28. The predicted molar refractivity (Wildman–Crippen MR) is 70.9 cm³/mol. The van der Waals surface area contributed by atoms with Gasteiger partial charge in [0.1, 0.15) is 5.82 Å². The molecule has 0 aliphatic heterocycles. The quantitative estimate of drug-likeness (QED) is 0.794. The van der Waals surface area contributed by atoms with Crippen LogP contribution in [0, 0.1) is 5.92 Å². The van der Waals surface area contributed by atoms with E-state index in [2.05, 4.69) is 16.9 Å². The molecule has 0 radical (unpaired) electrons. The number of aromatic nitrogens is 1. The summed E-state index contributed by atoms with van der Waals surface area (Å²) in [6.07, 6.45) is 2.19. The summed E-state index contributed by atoms with van der Waals surface area (Å²) in [5.41, 5.74) is 6.73. The van der Waals surface area contributed by atoms with Crippen molar-refractivity contribution in [2.24, 2.45) is 5.92 Å². The number of halogens is 2. The van der Waals surface area contributed by atoms with Crippen LogP contribution in [0.25, 0.3) is 0 Å². The van der Waals surface area contributed by atoms with E-state index in [9.17, 15) is 8.78 Å². The van der Waals surface area contributed by atoms with Gasteiger partial charge in [0.25, 0.3) is 5.92 Å². The molecule has 1 atom stereocenters. The van der Waals surface area contributed by atoms with Gasteiger partial charge in [-0.2, -0.15) is 0 Å².